The number of nitro benzene ring substituents is 1. The van der Waals surface area contributed by atoms with E-state index < -0.39 is 26.7 Å². The number of aryl methyl sites for hydroxylation is 1. The van der Waals surface area contributed by atoms with E-state index in [4.69, 9.17) is 0 Å². The van der Waals surface area contributed by atoms with Gasteiger partial charge in [0.05, 0.1) is 20.0 Å². The van der Waals surface area contributed by atoms with Crippen LogP contribution in [0.3, 0.4) is 0 Å². The molecule has 13 heteroatoms. The molecule has 0 unspecified atom stereocenters. The van der Waals surface area contributed by atoms with Gasteiger partial charge in [0.2, 0.25) is 10.0 Å². The third kappa shape index (κ3) is 5.47. The van der Waals surface area contributed by atoms with Gasteiger partial charge in [-0.25, -0.2) is 12.8 Å². The number of piperidine rings is 1. The molecule has 1 fully saturated rings. The average Bonchev–Trinajstić information content (AvgIpc) is 3.18. The number of non-ortho nitro benzene ring substituents is 1. The van der Waals surface area contributed by atoms with E-state index in [9.17, 15) is 27.7 Å². The molecule has 4 rings (SSSR count). The maximum Gasteiger partial charge on any atom is 0.270 e. The first-order valence-electron chi connectivity index (χ1n) is 10.8. The van der Waals surface area contributed by atoms with Crippen molar-refractivity contribution in [3.05, 3.63) is 63.2 Å². The third-order valence-electron chi connectivity index (χ3n) is 5.86. The van der Waals surface area contributed by atoms with Crippen LogP contribution in [0.4, 0.5) is 10.1 Å². The second-order valence-electron chi connectivity index (χ2n) is 8.02. The summed E-state index contributed by atoms with van der Waals surface area (Å²) in [6, 6.07) is 9.27. The van der Waals surface area contributed by atoms with Gasteiger partial charge < -0.3 is 4.57 Å². The van der Waals surface area contributed by atoms with Gasteiger partial charge in [-0.1, -0.05) is 11.3 Å². The number of benzene rings is 2. The van der Waals surface area contributed by atoms with E-state index in [2.05, 4.69) is 4.99 Å². The Morgan fingerprint density at radius 2 is 1.91 bits per heavy atom. The number of nitro groups is 1. The first-order chi connectivity index (χ1) is 16.7. The summed E-state index contributed by atoms with van der Waals surface area (Å²) in [5.41, 5.74) is 0.754. The molecule has 0 bridgehead atoms. The van der Waals surface area contributed by atoms with Gasteiger partial charge in [0.25, 0.3) is 11.6 Å². The fourth-order valence-electron chi connectivity index (χ4n) is 3.94. The summed E-state index contributed by atoms with van der Waals surface area (Å²) < 4.78 is 42.7. The summed E-state index contributed by atoms with van der Waals surface area (Å²) in [6.07, 6.45) is 2.61. The molecule has 2 heterocycles. The number of nitrogens with zero attached hydrogens (tertiary/aromatic N) is 4. The van der Waals surface area contributed by atoms with Crippen molar-refractivity contribution in [1.29, 1.82) is 0 Å². The van der Waals surface area contributed by atoms with Crippen LogP contribution in [0, 0.1) is 21.8 Å². The lowest BCUT2D eigenvalue weighted by Crippen LogP contribution is -2.40. The molecule has 1 aromatic heterocycles. The molecule has 2 aromatic carbocycles. The summed E-state index contributed by atoms with van der Waals surface area (Å²) in [5.74, 6) is -0.490. The highest BCUT2D eigenvalue weighted by atomic mass is 32.2. The Kier molecular flexibility index (Phi) is 7.69. The second-order valence-corrected chi connectivity index (χ2v) is 12.0. The largest absolute Gasteiger partial charge is 0.316 e. The number of hydrogen-bond acceptors (Lipinski definition) is 7. The third-order valence-corrected chi connectivity index (χ3v) is 9.40. The molecule has 0 saturated carbocycles. The van der Waals surface area contributed by atoms with Gasteiger partial charge in [0, 0.05) is 43.4 Å². The molecule has 0 spiro atoms. The molecular formula is C22H23FN4O5S3. The number of carbonyl (C=O) groups excluding carboxylic acids is 1. The minimum Gasteiger partial charge on any atom is -0.316 e. The minimum atomic E-state index is -3.77. The fraction of sp³-hybridized carbons (Fsp3) is 0.364. The number of fused-ring (bicyclic) bond motifs is 1. The van der Waals surface area contributed by atoms with Crippen LogP contribution in [0.2, 0.25) is 0 Å². The normalized spacial score (nSPS) is 16.1. The Hall–Kier alpha value is -2.61. The van der Waals surface area contributed by atoms with Crippen molar-refractivity contribution in [2.75, 3.05) is 25.1 Å². The molecular weight excluding hydrogens is 515 g/mol. The molecule has 3 aromatic rings. The Balaban J connectivity index is 1.55. The predicted octanol–water partition coefficient (Wildman–Crippen LogP) is 3.64. The first kappa shape index (κ1) is 25.5. The Bertz CT molecular complexity index is 1430. The molecule has 1 saturated heterocycles. The Morgan fingerprint density at radius 1 is 1.23 bits per heavy atom. The van der Waals surface area contributed by atoms with Crippen molar-refractivity contribution >= 4 is 54.9 Å². The van der Waals surface area contributed by atoms with Crippen LogP contribution < -0.4 is 4.80 Å². The summed E-state index contributed by atoms with van der Waals surface area (Å²) in [7, 11) is -3.77. The summed E-state index contributed by atoms with van der Waals surface area (Å²) >= 11 is 2.87. The lowest BCUT2D eigenvalue weighted by Gasteiger charge is -2.29. The summed E-state index contributed by atoms with van der Waals surface area (Å²) in [6.45, 7) is 0.924. The lowest BCUT2D eigenvalue weighted by molar-refractivity contribution is -0.384. The minimum absolute atomic E-state index is 0.0163. The van der Waals surface area contributed by atoms with Crippen LogP contribution in [-0.4, -0.2) is 53.2 Å². The van der Waals surface area contributed by atoms with Crippen LogP contribution in [0.25, 0.3) is 10.2 Å². The van der Waals surface area contributed by atoms with E-state index in [1.807, 2.05) is 10.8 Å². The van der Waals surface area contributed by atoms with E-state index in [0.29, 0.717) is 28.9 Å². The average molecular weight is 539 g/mol. The molecule has 0 radical (unpaired) electrons. The predicted molar refractivity (Wildman–Crippen MR) is 133 cm³/mol. The van der Waals surface area contributed by atoms with Gasteiger partial charge in [-0.2, -0.15) is 21.1 Å². The van der Waals surface area contributed by atoms with Crippen LogP contribution in [0.5, 0.6) is 0 Å². The number of halogens is 1. The number of rotatable bonds is 7. The fourth-order valence-corrected chi connectivity index (χ4v) is 6.87. The number of amides is 1. The van der Waals surface area contributed by atoms with Crippen LogP contribution in [-0.2, 0) is 21.4 Å². The van der Waals surface area contributed by atoms with Crippen molar-refractivity contribution < 1.29 is 22.5 Å². The molecule has 186 valence electrons. The van der Waals surface area contributed by atoms with Gasteiger partial charge in [-0.3, -0.25) is 14.9 Å². The summed E-state index contributed by atoms with van der Waals surface area (Å²) in [4.78, 5) is 28.6. The van der Waals surface area contributed by atoms with Crippen LogP contribution >= 0.6 is 23.1 Å². The van der Waals surface area contributed by atoms with Gasteiger partial charge in [-0.15, -0.1) is 0 Å². The molecule has 1 amide bonds. The number of hydrogen-bond donors (Lipinski definition) is 0. The van der Waals surface area contributed by atoms with Crippen LogP contribution in [0.1, 0.15) is 12.8 Å². The highest BCUT2D eigenvalue weighted by molar-refractivity contribution is 7.98. The highest BCUT2D eigenvalue weighted by Gasteiger charge is 2.32. The van der Waals surface area contributed by atoms with Gasteiger partial charge in [0.1, 0.15) is 5.82 Å². The number of thiazole rings is 1. The standard InChI is InChI=1S/C22H23FN4O5S3/c1-33-13-12-26-19-7-4-17(27(29)30)14-20(19)34-22(26)24-21(28)15-8-10-25(11-9-15)35(31,32)18-5-2-16(23)3-6-18/h2-7,14-15H,8-13H2,1H3. The molecule has 1 aliphatic rings. The van der Waals surface area contributed by atoms with Crippen molar-refractivity contribution in [2.24, 2.45) is 10.9 Å². The lowest BCUT2D eigenvalue weighted by atomic mass is 9.98. The van der Waals surface area contributed by atoms with E-state index in [1.54, 1.807) is 17.8 Å². The Morgan fingerprint density at radius 3 is 2.54 bits per heavy atom. The zero-order valence-electron chi connectivity index (χ0n) is 18.8. The van der Waals surface area contributed by atoms with Crippen molar-refractivity contribution in [2.45, 2.75) is 24.3 Å². The number of carbonyl (C=O) groups is 1. The second kappa shape index (κ2) is 10.6. The van der Waals surface area contributed by atoms with E-state index in [0.717, 1.165) is 23.4 Å². The molecule has 1 aliphatic heterocycles. The number of sulfonamides is 1. The maximum atomic E-state index is 13.2. The molecule has 0 N–H and O–H groups in total. The molecule has 35 heavy (non-hydrogen) atoms. The van der Waals surface area contributed by atoms with Crippen molar-refractivity contribution in [3.63, 3.8) is 0 Å². The van der Waals surface area contributed by atoms with Gasteiger partial charge in [-0.05, 0) is 49.4 Å². The number of thioether (sulfide) groups is 1. The van der Waals surface area contributed by atoms with Gasteiger partial charge in [0.15, 0.2) is 4.80 Å². The maximum absolute atomic E-state index is 13.2. The van der Waals surface area contributed by atoms with E-state index in [-0.39, 0.29) is 29.6 Å². The van der Waals surface area contributed by atoms with Crippen molar-refractivity contribution in [3.8, 4) is 0 Å². The zero-order chi connectivity index (χ0) is 25.2. The first-order valence-corrected chi connectivity index (χ1v) is 14.5. The Labute approximate surface area is 209 Å². The zero-order valence-corrected chi connectivity index (χ0v) is 21.2. The SMILES string of the molecule is CSCCn1c(=NC(=O)C2CCN(S(=O)(=O)c3ccc(F)cc3)CC2)sc2cc([N+](=O)[O-])ccc21. The highest BCUT2D eigenvalue weighted by Crippen LogP contribution is 2.26. The molecule has 9 nitrogen and oxygen atoms in total. The monoisotopic (exact) mass is 538 g/mol. The van der Waals surface area contributed by atoms with Crippen molar-refractivity contribution in [1.82, 2.24) is 8.87 Å². The quantitative estimate of drug-likeness (QED) is 0.335. The van der Waals surface area contributed by atoms with E-state index >= 15 is 0 Å². The van der Waals surface area contributed by atoms with E-state index in [1.165, 1.54) is 39.9 Å². The number of aromatic nitrogens is 1. The topological polar surface area (TPSA) is 115 Å². The molecule has 0 atom stereocenters. The van der Waals surface area contributed by atoms with Crippen LogP contribution in [0.15, 0.2) is 52.4 Å². The summed E-state index contributed by atoms with van der Waals surface area (Å²) in [5, 5.41) is 11.2. The smallest absolute Gasteiger partial charge is 0.270 e. The van der Waals surface area contributed by atoms with Gasteiger partial charge >= 0.3 is 0 Å². The molecule has 0 aliphatic carbocycles.